The highest BCUT2D eigenvalue weighted by molar-refractivity contribution is 8.00. The third-order valence-electron chi connectivity index (χ3n) is 2.01. The first kappa shape index (κ1) is 13.9. The average molecular weight is 274 g/mol. The molecule has 5 nitrogen and oxygen atoms in total. The number of rotatable bonds is 5. The molecule has 0 unspecified atom stereocenters. The second kappa shape index (κ2) is 5.42. The van der Waals surface area contributed by atoms with E-state index >= 15 is 0 Å². The Hall–Kier alpha value is -1.21. The lowest BCUT2D eigenvalue weighted by atomic mass is 10.2. The van der Waals surface area contributed by atoms with Crippen LogP contribution in [0.2, 0.25) is 0 Å². The molecule has 0 bridgehead atoms. The minimum absolute atomic E-state index is 0.0912. The van der Waals surface area contributed by atoms with Gasteiger partial charge >= 0.3 is 0 Å². The van der Waals surface area contributed by atoms with E-state index in [1.54, 1.807) is 18.2 Å². The fraction of sp³-hybridized carbons (Fsp3) is 0.300. The van der Waals surface area contributed by atoms with Crippen LogP contribution in [0.5, 0.6) is 0 Å². The van der Waals surface area contributed by atoms with Crippen molar-refractivity contribution in [2.24, 2.45) is 5.73 Å². The van der Waals surface area contributed by atoms with Crippen molar-refractivity contribution < 1.29 is 13.2 Å². The number of anilines is 1. The predicted octanol–water partition coefficient (Wildman–Crippen LogP) is 0.504. The van der Waals surface area contributed by atoms with Gasteiger partial charge in [0.15, 0.2) is 0 Å². The number of carbonyl (C=O) groups excluding carboxylic acids is 1. The summed E-state index contributed by atoms with van der Waals surface area (Å²) in [5, 5.41) is 0. The van der Waals surface area contributed by atoms with Crippen LogP contribution in [0.3, 0.4) is 0 Å². The van der Waals surface area contributed by atoms with Crippen molar-refractivity contribution in [3.05, 3.63) is 23.8 Å². The van der Waals surface area contributed by atoms with Gasteiger partial charge in [-0.25, -0.2) is 8.42 Å². The van der Waals surface area contributed by atoms with E-state index in [4.69, 9.17) is 11.5 Å². The van der Waals surface area contributed by atoms with E-state index in [0.29, 0.717) is 11.4 Å². The Labute approximate surface area is 104 Å². The lowest BCUT2D eigenvalue weighted by Crippen LogP contribution is -2.13. The fourth-order valence-corrected chi connectivity index (χ4v) is 3.29. The molecule has 94 valence electrons. The van der Waals surface area contributed by atoms with E-state index in [1.807, 2.05) is 0 Å². The third-order valence-corrected chi connectivity index (χ3v) is 4.21. The quantitative estimate of drug-likeness (QED) is 0.601. The van der Waals surface area contributed by atoms with Gasteiger partial charge in [0.2, 0.25) is 0 Å². The molecule has 0 aliphatic carbocycles. The highest BCUT2D eigenvalue weighted by Crippen LogP contribution is 2.22. The van der Waals surface area contributed by atoms with Crippen LogP contribution in [0.4, 0.5) is 5.69 Å². The summed E-state index contributed by atoms with van der Waals surface area (Å²) in [4.78, 5) is 11.8. The molecule has 1 aromatic carbocycles. The molecule has 0 atom stereocenters. The SMILES string of the molecule is CS(=O)(=O)CCSc1ccc(N)c(C(N)=O)c1. The number of benzene rings is 1. The summed E-state index contributed by atoms with van der Waals surface area (Å²) in [5.74, 6) is -0.0670. The molecule has 0 heterocycles. The minimum Gasteiger partial charge on any atom is -0.398 e. The fourth-order valence-electron chi connectivity index (χ4n) is 1.15. The van der Waals surface area contributed by atoms with Gasteiger partial charge in [0.05, 0.1) is 11.3 Å². The summed E-state index contributed by atoms with van der Waals surface area (Å²) in [7, 11) is -2.97. The molecule has 1 amide bonds. The van der Waals surface area contributed by atoms with Crippen molar-refractivity contribution in [3.63, 3.8) is 0 Å². The summed E-state index contributed by atoms with van der Waals surface area (Å²) in [6, 6.07) is 4.89. The molecule has 1 rings (SSSR count). The van der Waals surface area contributed by atoms with Crippen molar-refractivity contribution >= 4 is 33.2 Å². The topological polar surface area (TPSA) is 103 Å². The van der Waals surface area contributed by atoms with Crippen molar-refractivity contribution in [1.82, 2.24) is 0 Å². The summed E-state index contributed by atoms with van der Waals surface area (Å²) >= 11 is 1.35. The number of primary amides is 1. The molecule has 0 radical (unpaired) electrons. The van der Waals surface area contributed by atoms with Gasteiger partial charge in [-0.15, -0.1) is 11.8 Å². The third kappa shape index (κ3) is 4.66. The molecule has 1 aromatic rings. The van der Waals surface area contributed by atoms with Gasteiger partial charge in [0, 0.05) is 22.6 Å². The number of nitrogens with two attached hydrogens (primary N) is 2. The van der Waals surface area contributed by atoms with Crippen LogP contribution < -0.4 is 11.5 Å². The molecule has 4 N–H and O–H groups in total. The molecule has 0 fully saturated rings. The summed E-state index contributed by atoms with van der Waals surface area (Å²) in [5.41, 5.74) is 11.3. The second-order valence-electron chi connectivity index (χ2n) is 3.59. The van der Waals surface area contributed by atoms with Gasteiger partial charge in [-0.05, 0) is 18.2 Å². The molecule has 0 aromatic heterocycles. The Morgan fingerprint density at radius 1 is 1.41 bits per heavy atom. The van der Waals surface area contributed by atoms with Crippen LogP contribution in [0.15, 0.2) is 23.1 Å². The Kier molecular flexibility index (Phi) is 4.41. The van der Waals surface area contributed by atoms with Crippen LogP contribution in [0, 0.1) is 0 Å². The standard InChI is InChI=1S/C10H14N2O3S2/c1-17(14,15)5-4-16-7-2-3-9(11)8(6-7)10(12)13/h2-3,6H,4-5,11H2,1H3,(H2,12,13). The first-order valence-electron chi connectivity index (χ1n) is 4.79. The van der Waals surface area contributed by atoms with Crippen LogP contribution in [-0.2, 0) is 9.84 Å². The molecular weight excluding hydrogens is 260 g/mol. The normalized spacial score (nSPS) is 11.4. The molecule has 0 aliphatic heterocycles. The summed E-state index contributed by atoms with van der Waals surface area (Å²) in [6.07, 6.45) is 1.19. The van der Waals surface area contributed by atoms with E-state index in [1.165, 1.54) is 18.0 Å². The zero-order valence-electron chi connectivity index (χ0n) is 9.34. The van der Waals surface area contributed by atoms with E-state index < -0.39 is 15.7 Å². The maximum Gasteiger partial charge on any atom is 0.250 e. The molecule has 0 saturated heterocycles. The van der Waals surface area contributed by atoms with E-state index in [2.05, 4.69) is 0 Å². The first-order chi connectivity index (χ1) is 7.79. The Balaban J connectivity index is 2.73. The Morgan fingerprint density at radius 3 is 2.59 bits per heavy atom. The van der Waals surface area contributed by atoms with Gasteiger partial charge in [-0.1, -0.05) is 0 Å². The van der Waals surface area contributed by atoms with Gasteiger partial charge in [0.1, 0.15) is 9.84 Å². The predicted molar refractivity (Wildman–Crippen MR) is 69.8 cm³/mol. The largest absolute Gasteiger partial charge is 0.398 e. The van der Waals surface area contributed by atoms with Crippen LogP contribution in [0.1, 0.15) is 10.4 Å². The Bertz CT molecular complexity index is 526. The number of hydrogen-bond acceptors (Lipinski definition) is 5. The molecule has 17 heavy (non-hydrogen) atoms. The maximum absolute atomic E-state index is 11.0. The van der Waals surface area contributed by atoms with Gasteiger partial charge < -0.3 is 11.5 Å². The van der Waals surface area contributed by atoms with Crippen LogP contribution in [-0.4, -0.2) is 32.1 Å². The lowest BCUT2D eigenvalue weighted by molar-refractivity contribution is 0.100. The highest BCUT2D eigenvalue weighted by Gasteiger charge is 2.08. The number of thioether (sulfide) groups is 1. The Morgan fingerprint density at radius 2 is 2.06 bits per heavy atom. The van der Waals surface area contributed by atoms with Gasteiger partial charge in [0.25, 0.3) is 5.91 Å². The van der Waals surface area contributed by atoms with Crippen molar-refractivity contribution in [3.8, 4) is 0 Å². The molecular formula is C10H14N2O3S2. The number of carbonyl (C=O) groups is 1. The molecule has 0 saturated carbocycles. The van der Waals surface area contributed by atoms with Crippen molar-refractivity contribution in [2.75, 3.05) is 23.5 Å². The second-order valence-corrected chi connectivity index (χ2v) is 7.02. The zero-order chi connectivity index (χ0) is 13.1. The zero-order valence-corrected chi connectivity index (χ0v) is 11.0. The number of hydrogen-bond donors (Lipinski definition) is 2. The molecule has 0 spiro atoms. The van der Waals surface area contributed by atoms with Crippen LogP contribution in [0.25, 0.3) is 0 Å². The molecule has 0 aliphatic rings. The monoisotopic (exact) mass is 274 g/mol. The van der Waals surface area contributed by atoms with Gasteiger partial charge in [-0.2, -0.15) is 0 Å². The first-order valence-corrected chi connectivity index (χ1v) is 7.84. The van der Waals surface area contributed by atoms with E-state index in [0.717, 1.165) is 4.90 Å². The number of amides is 1. The average Bonchev–Trinajstić information content (AvgIpc) is 2.18. The van der Waals surface area contributed by atoms with Crippen molar-refractivity contribution in [2.45, 2.75) is 4.90 Å². The van der Waals surface area contributed by atoms with Crippen molar-refractivity contribution in [1.29, 1.82) is 0 Å². The summed E-state index contributed by atoms with van der Waals surface area (Å²) < 4.78 is 21.9. The minimum atomic E-state index is -2.97. The summed E-state index contributed by atoms with van der Waals surface area (Å²) in [6.45, 7) is 0. The van der Waals surface area contributed by atoms with Gasteiger partial charge in [-0.3, -0.25) is 4.79 Å². The smallest absolute Gasteiger partial charge is 0.250 e. The maximum atomic E-state index is 11.0. The highest BCUT2D eigenvalue weighted by atomic mass is 32.2. The number of sulfone groups is 1. The lowest BCUT2D eigenvalue weighted by Gasteiger charge is -2.05. The number of nitrogen functional groups attached to an aromatic ring is 1. The van der Waals surface area contributed by atoms with E-state index in [9.17, 15) is 13.2 Å². The van der Waals surface area contributed by atoms with Crippen LogP contribution >= 0.6 is 11.8 Å². The molecule has 7 heteroatoms. The van der Waals surface area contributed by atoms with E-state index in [-0.39, 0.29) is 11.3 Å².